The van der Waals surface area contributed by atoms with Crippen molar-refractivity contribution in [2.75, 3.05) is 6.54 Å². The highest BCUT2D eigenvalue weighted by Crippen LogP contribution is 2.41. The minimum Gasteiger partial charge on any atom is -0.480 e. The zero-order chi connectivity index (χ0) is 22.5. The Hall–Kier alpha value is -2.37. The normalized spacial score (nSPS) is 20.2. The lowest BCUT2D eigenvalue weighted by Gasteiger charge is -2.26. The Morgan fingerprint density at radius 1 is 1.12 bits per heavy atom. The quantitative estimate of drug-likeness (QED) is 0.307. The number of fused-ring (bicyclic) bond motifs is 1. The first-order chi connectivity index (χ1) is 15.6. The smallest absolute Gasteiger partial charge is 0.266 e. The van der Waals surface area contributed by atoms with E-state index in [1.54, 1.807) is 4.90 Å². The van der Waals surface area contributed by atoms with Crippen LogP contribution in [-0.4, -0.2) is 21.7 Å². The maximum Gasteiger partial charge on any atom is 0.266 e. The van der Waals surface area contributed by atoms with Gasteiger partial charge in [-0.3, -0.25) is 9.69 Å². The van der Waals surface area contributed by atoms with Gasteiger partial charge in [0, 0.05) is 12.1 Å². The molecule has 1 saturated heterocycles. The first kappa shape index (κ1) is 22.8. The van der Waals surface area contributed by atoms with E-state index < -0.39 is 0 Å². The van der Waals surface area contributed by atoms with Gasteiger partial charge in [-0.15, -0.1) is 0 Å². The molecule has 0 spiro atoms. The van der Waals surface area contributed by atoms with E-state index in [4.69, 9.17) is 17.0 Å². The number of para-hydroxylation sites is 1. The molecule has 2 atom stereocenters. The topological polar surface area (TPSA) is 29.5 Å². The zero-order valence-electron chi connectivity index (χ0n) is 18.6. The fourth-order valence-electron chi connectivity index (χ4n) is 4.15. The van der Waals surface area contributed by atoms with Gasteiger partial charge >= 0.3 is 0 Å². The van der Waals surface area contributed by atoms with E-state index >= 15 is 0 Å². The summed E-state index contributed by atoms with van der Waals surface area (Å²) in [5, 5.41) is 0. The Balaban J connectivity index is 1.62. The Labute approximate surface area is 200 Å². The Morgan fingerprint density at radius 3 is 2.62 bits per heavy atom. The molecule has 166 valence electrons. The van der Waals surface area contributed by atoms with Gasteiger partial charge in [-0.25, -0.2) is 0 Å². The predicted molar refractivity (Wildman–Crippen MR) is 138 cm³/mol. The van der Waals surface area contributed by atoms with Crippen molar-refractivity contribution in [3.8, 4) is 5.75 Å². The van der Waals surface area contributed by atoms with Crippen molar-refractivity contribution in [2.45, 2.75) is 45.6 Å². The molecule has 0 bridgehead atoms. The number of rotatable bonds is 8. The van der Waals surface area contributed by atoms with Crippen molar-refractivity contribution in [3.05, 3.63) is 82.3 Å². The van der Waals surface area contributed by atoms with Crippen LogP contribution in [0.5, 0.6) is 5.75 Å². The van der Waals surface area contributed by atoms with Crippen LogP contribution in [0.15, 0.2) is 71.2 Å². The molecular weight excluding hydrogens is 434 g/mol. The van der Waals surface area contributed by atoms with Gasteiger partial charge in [-0.1, -0.05) is 106 Å². The lowest BCUT2D eigenvalue weighted by molar-refractivity contribution is -0.122. The second-order valence-electron chi connectivity index (χ2n) is 8.30. The van der Waals surface area contributed by atoms with Crippen LogP contribution in [0.2, 0.25) is 0 Å². The number of hydrogen-bond acceptors (Lipinski definition) is 4. The fourth-order valence-corrected chi connectivity index (χ4v) is 5.42. The average molecular weight is 464 g/mol. The van der Waals surface area contributed by atoms with E-state index in [1.165, 1.54) is 24.6 Å². The summed E-state index contributed by atoms with van der Waals surface area (Å²) in [4.78, 5) is 15.8. The van der Waals surface area contributed by atoms with Crippen molar-refractivity contribution in [3.63, 3.8) is 0 Å². The maximum absolute atomic E-state index is 13.3. The second kappa shape index (κ2) is 10.5. The zero-order valence-corrected chi connectivity index (χ0v) is 20.3. The number of carbonyl (C=O) groups excluding carboxylic acids is 1. The molecule has 2 aliphatic rings. The van der Waals surface area contributed by atoms with Crippen LogP contribution in [0.1, 0.15) is 56.8 Å². The van der Waals surface area contributed by atoms with Crippen LogP contribution in [0.3, 0.4) is 0 Å². The van der Waals surface area contributed by atoms with E-state index in [1.807, 2.05) is 48.5 Å². The second-order valence-corrected chi connectivity index (χ2v) is 9.98. The Bertz CT molecular complexity index is 1040. The summed E-state index contributed by atoms with van der Waals surface area (Å²) in [7, 11) is 0. The molecule has 0 aliphatic carbocycles. The summed E-state index contributed by atoms with van der Waals surface area (Å²) in [5.74, 6) is 1.35. The molecule has 2 aliphatic heterocycles. The van der Waals surface area contributed by atoms with Crippen molar-refractivity contribution in [1.82, 2.24) is 4.90 Å². The predicted octanol–water partition coefficient (Wildman–Crippen LogP) is 7.16. The van der Waals surface area contributed by atoms with Gasteiger partial charge in [-0.05, 0) is 41.7 Å². The third kappa shape index (κ3) is 5.00. The van der Waals surface area contributed by atoms with Crippen LogP contribution in [0.4, 0.5) is 0 Å². The number of ether oxygens (including phenoxy) is 1. The lowest BCUT2D eigenvalue weighted by atomic mass is 9.95. The van der Waals surface area contributed by atoms with Gasteiger partial charge < -0.3 is 4.74 Å². The van der Waals surface area contributed by atoms with Crippen LogP contribution in [0.25, 0.3) is 6.08 Å². The standard InChI is InChI=1S/C27H29NO2S2/c1-3-5-11-19(4-2)18-28-26(29)24(32-27(28)31)17-22-16-21-14-9-10-15-23(21)30-25(22)20-12-7-6-8-13-20/h6-10,12-17,19,25H,3-5,11,18H2,1-2H3/b24-17-. The minimum absolute atomic E-state index is 0.0153. The van der Waals surface area contributed by atoms with Crippen LogP contribution in [0, 0.1) is 5.92 Å². The van der Waals surface area contributed by atoms with Crippen molar-refractivity contribution in [2.24, 2.45) is 5.92 Å². The molecule has 4 rings (SSSR count). The third-order valence-corrected chi connectivity index (χ3v) is 7.42. The molecular formula is C27H29NO2S2. The Morgan fingerprint density at radius 2 is 1.88 bits per heavy atom. The minimum atomic E-state index is -0.262. The van der Waals surface area contributed by atoms with E-state index in [9.17, 15) is 4.79 Å². The monoisotopic (exact) mass is 463 g/mol. The number of thioether (sulfide) groups is 1. The van der Waals surface area contributed by atoms with Gasteiger partial charge in [0.25, 0.3) is 5.91 Å². The number of amides is 1. The van der Waals surface area contributed by atoms with Crippen LogP contribution < -0.4 is 4.74 Å². The summed E-state index contributed by atoms with van der Waals surface area (Å²) in [6.07, 6.45) is 8.38. The van der Waals surface area contributed by atoms with E-state index in [2.05, 4.69) is 32.1 Å². The van der Waals surface area contributed by atoms with Gasteiger partial charge in [0.2, 0.25) is 0 Å². The summed E-state index contributed by atoms with van der Waals surface area (Å²) < 4.78 is 7.03. The molecule has 32 heavy (non-hydrogen) atoms. The molecule has 0 N–H and O–H groups in total. The lowest BCUT2D eigenvalue weighted by Crippen LogP contribution is -2.33. The van der Waals surface area contributed by atoms with Crippen molar-refractivity contribution >= 4 is 40.3 Å². The van der Waals surface area contributed by atoms with Gasteiger partial charge in [-0.2, -0.15) is 0 Å². The molecule has 0 saturated carbocycles. The van der Waals surface area contributed by atoms with Crippen LogP contribution in [-0.2, 0) is 4.79 Å². The van der Waals surface area contributed by atoms with Gasteiger partial charge in [0.1, 0.15) is 16.2 Å². The maximum atomic E-state index is 13.3. The van der Waals surface area contributed by atoms with E-state index in [0.717, 1.165) is 35.3 Å². The fraction of sp³-hybridized carbons (Fsp3) is 0.333. The average Bonchev–Trinajstić information content (AvgIpc) is 3.08. The summed E-state index contributed by atoms with van der Waals surface area (Å²) >= 11 is 7.01. The molecule has 5 heteroatoms. The highest BCUT2D eigenvalue weighted by molar-refractivity contribution is 8.26. The molecule has 3 nitrogen and oxygen atoms in total. The van der Waals surface area contributed by atoms with E-state index in [0.29, 0.717) is 21.7 Å². The third-order valence-electron chi connectivity index (χ3n) is 6.05. The molecule has 1 amide bonds. The number of benzene rings is 2. The Kier molecular flexibility index (Phi) is 7.48. The molecule has 2 unspecified atom stereocenters. The molecule has 2 heterocycles. The molecule has 2 aromatic rings. The van der Waals surface area contributed by atoms with Crippen LogP contribution >= 0.6 is 24.0 Å². The number of unbranched alkanes of at least 4 members (excludes halogenated alkanes) is 1. The number of hydrogen-bond donors (Lipinski definition) is 0. The summed E-state index contributed by atoms with van der Waals surface area (Å²) in [6, 6.07) is 18.1. The highest BCUT2D eigenvalue weighted by Gasteiger charge is 2.34. The SMILES string of the molecule is CCCCC(CC)CN1C(=O)/C(=C/C2=Cc3ccccc3OC2c2ccccc2)SC1=S. The summed E-state index contributed by atoms with van der Waals surface area (Å²) in [5.41, 5.74) is 3.05. The highest BCUT2D eigenvalue weighted by atomic mass is 32.2. The largest absolute Gasteiger partial charge is 0.480 e. The molecule has 1 fully saturated rings. The number of nitrogens with zero attached hydrogens (tertiary/aromatic N) is 1. The molecule has 2 aromatic carbocycles. The van der Waals surface area contributed by atoms with E-state index in [-0.39, 0.29) is 12.0 Å². The van der Waals surface area contributed by atoms with Gasteiger partial charge in [0.05, 0.1) is 4.91 Å². The first-order valence-corrected chi connectivity index (χ1v) is 12.6. The van der Waals surface area contributed by atoms with Crippen molar-refractivity contribution < 1.29 is 9.53 Å². The van der Waals surface area contributed by atoms with Crippen molar-refractivity contribution in [1.29, 1.82) is 0 Å². The number of carbonyl (C=O) groups is 1. The van der Waals surface area contributed by atoms with Gasteiger partial charge in [0.15, 0.2) is 0 Å². The first-order valence-electron chi connectivity index (χ1n) is 11.4. The number of thiocarbonyl (C=S) groups is 1. The summed E-state index contributed by atoms with van der Waals surface area (Å²) in [6.45, 7) is 5.11. The molecule has 0 radical (unpaired) electrons. The molecule has 0 aromatic heterocycles.